The third kappa shape index (κ3) is 22.5. The summed E-state index contributed by atoms with van der Waals surface area (Å²) in [6, 6.07) is -4.57. The molecule has 2 unspecified atom stereocenters. The van der Waals surface area contributed by atoms with Gasteiger partial charge in [-0.1, -0.05) is 65.8 Å². The summed E-state index contributed by atoms with van der Waals surface area (Å²) in [6.07, 6.45) is -2.57. The maximum Gasteiger partial charge on any atom is 0.326 e. The second-order valence-corrected chi connectivity index (χ2v) is 19.3. The number of aromatic hydroxyl groups is 2. The van der Waals surface area contributed by atoms with Crippen LogP contribution in [0.25, 0.3) is 0 Å². The lowest BCUT2D eigenvalue weighted by atomic mass is 9.98. The number of hydrogen-bond acceptors (Lipinski definition) is 17. The molecule has 18 N–H and O–H groups in total. The third-order valence-corrected chi connectivity index (χ3v) is 12.2. The van der Waals surface area contributed by atoms with E-state index in [9.17, 15) is 88.2 Å². The number of rotatable bonds is 34. The minimum absolute atomic E-state index is 0.0822. The Morgan fingerprint density at radius 3 is 1.14 bits per heavy atom. The number of benzene rings is 2. The number of phenols is 2. The topological polar surface area (TPSA) is 481 Å². The average molecular weight is 1130 g/mol. The molecule has 29 nitrogen and oxygen atoms in total. The van der Waals surface area contributed by atoms with Crippen molar-refractivity contribution in [3.63, 3.8) is 0 Å². The zero-order valence-corrected chi connectivity index (χ0v) is 45.0. The molecule has 0 spiro atoms. The van der Waals surface area contributed by atoms with Gasteiger partial charge >= 0.3 is 17.9 Å². The van der Waals surface area contributed by atoms with Gasteiger partial charge in [0.1, 0.15) is 65.9 Å². The number of aliphatic hydroxyl groups excluding tert-OH is 2. The summed E-state index contributed by atoms with van der Waals surface area (Å²) in [4.78, 5) is 156. The molecule has 0 fully saturated rings. The maximum absolute atomic E-state index is 14.0. The predicted octanol–water partition coefficient (Wildman–Crippen LogP) is -3.89. The van der Waals surface area contributed by atoms with Crippen LogP contribution in [0.4, 0.5) is 0 Å². The van der Waals surface area contributed by atoms with Crippen LogP contribution in [-0.2, 0) is 70.4 Å². The predicted molar refractivity (Wildman–Crippen MR) is 280 cm³/mol. The van der Waals surface area contributed by atoms with Crippen molar-refractivity contribution in [2.24, 2.45) is 17.6 Å². The molecular formula is C51H74N10O19. The van der Waals surface area contributed by atoms with Gasteiger partial charge in [-0.25, -0.2) is 4.79 Å². The summed E-state index contributed by atoms with van der Waals surface area (Å²) < 4.78 is 0. The van der Waals surface area contributed by atoms with E-state index >= 15 is 0 Å². The second kappa shape index (κ2) is 33.1. The number of carbonyl (C=O) groups excluding carboxylic acids is 9. The average Bonchev–Trinajstić information content (AvgIpc) is 3.39. The molecule has 2 rings (SSSR count). The molecular weight excluding hydrogens is 1060 g/mol. The highest BCUT2D eigenvalue weighted by atomic mass is 16.4. The molecule has 2 aromatic rings. The van der Waals surface area contributed by atoms with Gasteiger partial charge in [-0.3, -0.25) is 52.7 Å². The fraction of sp³-hybridized carbons (Fsp3) is 0.529. The standard InChI is InChI=1S/C51H74N10O19/c1-7-31(44(72)58-37(23-63)48(76)57-35(51(79)80)20-27-11-15-29(65)16-12-27)53-47(75)36(22-62)59-45(73)33(19-26-9-13-28(64)14-10-26)56-43(71)32(8-2)54-49(77)40(24(3)4)61-50(78)41(25(5)6)60-46(74)34(21-39(68)69)55-42(70)30(52)17-18-38(66)67/h9-16,24-25,30-37,40-41,62-65H,7-8,17-23,52H2,1-6H3,(H,53,75)(H,54,77)(H,55,70)(H,56,71)(H,57,76)(H,58,72)(H,59,73)(H,60,74)(H,61,78)(H,66,67)(H,68,69)(H,79,80)/t30-,31?,32?,33-,34-,35-,36-,37-,40-,41-/m0/s1. The zero-order chi connectivity index (χ0) is 60.6. The molecule has 442 valence electrons. The van der Waals surface area contributed by atoms with Crippen LogP contribution in [0.1, 0.15) is 84.8 Å². The lowest BCUT2D eigenvalue weighted by molar-refractivity contribution is -0.142. The zero-order valence-electron chi connectivity index (χ0n) is 45.0. The number of aliphatic carboxylic acids is 3. The summed E-state index contributed by atoms with van der Waals surface area (Å²) >= 11 is 0. The molecule has 80 heavy (non-hydrogen) atoms. The summed E-state index contributed by atoms with van der Waals surface area (Å²) in [5.74, 6) is -15.1. The van der Waals surface area contributed by atoms with Gasteiger partial charge in [0.15, 0.2) is 0 Å². The van der Waals surface area contributed by atoms with E-state index in [0.717, 1.165) is 0 Å². The number of carboxylic acid groups (broad SMARTS) is 3. The fourth-order valence-electron chi connectivity index (χ4n) is 7.50. The van der Waals surface area contributed by atoms with Gasteiger partial charge in [0.25, 0.3) is 0 Å². The van der Waals surface area contributed by atoms with E-state index in [1.807, 2.05) is 0 Å². The van der Waals surface area contributed by atoms with Crippen molar-refractivity contribution in [3.8, 4) is 11.5 Å². The van der Waals surface area contributed by atoms with Gasteiger partial charge < -0.3 is 89.3 Å². The summed E-state index contributed by atoms with van der Waals surface area (Å²) in [5.41, 5.74) is 6.52. The Hall–Kier alpha value is -8.44. The van der Waals surface area contributed by atoms with Crippen molar-refractivity contribution in [2.75, 3.05) is 13.2 Å². The lowest BCUT2D eigenvalue weighted by Crippen LogP contribution is -2.62. The summed E-state index contributed by atoms with van der Waals surface area (Å²) in [5, 5.41) is 89.0. The lowest BCUT2D eigenvalue weighted by Gasteiger charge is -2.29. The van der Waals surface area contributed by atoms with Crippen molar-refractivity contribution in [1.82, 2.24) is 47.9 Å². The molecule has 2 aromatic carbocycles. The van der Waals surface area contributed by atoms with Crippen molar-refractivity contribution in [1.29, 1.82) is 0 Å². The van der Waals surface area contributed by atoms with E-state index < -0.39 is 169 Å². The molecule has 0 aliphatic rings. The molecule has 0 saturated heterocycles. The molecule has 0 heterocycles. The van der Waals surface area contributed by atoms with E-state index in [0.29, 0.717) is 11.1 Å². The van der Waals surface area contributed by atoms with Crippen molar-refractivity contribution < 1.29 is 93.3 Å². The Balaban J connectivity index is 2.27. The first-order valence-corrected chi connectivity index (χ1v) is 25.5. The third-order valence-electron chi connectivity index (χ3n) is 12.2. The number of aliphatic hydroxyl groups is 2. The van der Waals surface area contributed by atoms with Crippen LogP contribution in [0.5, 0.6) is 11.5 Å². The molecule has 9 amide bonds. The normalized spacial score (nSPS) is 14.8. The maximum atomic E-state index is 14.0. The van der Waals surface area contributed by atoms with Gasteiger partial charge in [-0.05, 0) is 66.5 Å². The minimum Gasteiger partial charge on any atom is -0.508 e. The Morgan fingerprint density at radius 1 is 0.425 bits per heavy atom. The number of nitrogens with two attached hydrogens (primary N) is 1. The van der Waals surface area contributed by atoms with Crippen LogP contribution < -0.4 is 53.6 Å². The van der Waals surface area contributed by atoms with Gasteiger partial charge in [0.2, 0.25) is 53.2 Å². The largest absolute Gasteiger partial charge is 0.508 e. The van der Waals surface area contributed by atoms with E-state index in [1.54, 1.807) is 13.8 Å². The van der Waals surface area contributed by atoms with Crippen LogP contribution in [0.2, 0.25) is 0 Å². The van der Waals surface area contributed by atoms with E-state index in [2.05, 4.69) is 47.9 Å². The van der Waals surface area contributed by atoms with Gasteiger partial charge in [-0.15, -0.1) is 0 Å². The second-order valence-electron chi connectivity index (χ2n) is 19.3. The van der Waals surface area contributed by atoms with Crippen LogP contribution in [-0.4, -0.2) is 180 Å². The Labute approximate surface area is 460 Å². The molecule has 0 saturated carbocycles. The quantitative estimate of drug-likeness (QED) is 0.0319. The summed E-state index contributed by atoms with van der Waals surface area (Å²) in [7, 11) is 0. The van der Waals surface area contributed by atoms with Gasteiger partial charge in [-0.2, -0.15) is 0 Å². The molecule has 0 bridgehead atoms. The van der Waals surface area contributed by atoms with Crippen LogP contribution in [0.15, 0.2) is 48.5 Å². The van der Waals surface area contributed by atoms with E-state index in [1.165, 1.54) is 76.2 Å². The number of carbonyl (C=O) groups is 12. The molecule has 0 aliphatic heterocycles. The smallest absolute Gasteiger partial charge is 0.326 e. The molecule has 0 aliphatic carbocycles. The number of carboxylic acids is 3. The molecule has 29 heteroatoms. The Bertz CT molecular complexity index is 2490. The van der Waals surface area contributed by atoms with Crippen molar-refractivity contribution in [2.45, 2.75) is 147 Å². The highest BCUT2D eigenvalue weighted by molar-refractivity contribution is 5.99. The molecule has 0 aromatic heterocycles. The van der Waals surface area contributed by atoms with Gasteiger partial charge in [0, 0.05) is 19.3 Å². The first kappa shape index (κ1) is 67.7. The van der Waals surface area contributed by atoms with Crippen molar-refractivity contribution >= 4 is 71.1 Å². The van der Waals surface area contributed by atoms with E-state index in [4.69, 9.17) is 10.8 Å². The SMILES string of the molecule is CCC(NC(=O)[C@H](CO)NC(=O)[C@H](Cc1ccc(O)cc1)NC(=O)C(CC)NC(=O)[C@@H](NC(=O)[C@@H](NC(=O)[C@H](CC(=O)O)NC(=O)[C@@H](N)CCC(=O)O)C(C)C)C(C)C)C(=O)N[C@@H](CO)C(=O)N[C@@H](Cc1ccc(O)cc1)C(=O)O. The number of nitrogens with one attached hydrogen (secondary N) is 9. The van der Waals surface area contributed by atoms with Crippen LogP contribution in [0, 0.1) is 11.8 Å². The Morgan fingerprint density at radius 2 is 0.750 bits per heavy atom. The first-order chi connectivity index (χ1) is 37.5. The number of phenolic OH excluding ortho intramolecular Hbond substituents is 2. The monoisotopic (exact) mass is 1130 g/mol. The number of hydrogen-bond donors (Lipinski definition) is 17. The minimum atomic E-state index is -1.79. The first-order valence-electron chi connectivity index (χ1n) is 25.5. The number of amides is 9. The highest BCUT2D eigenvalue weighted by Gasteiger charge is 2.37. The fourth-order valence-corrected chi connectivity index (χ4v) is 7.50. The van der Waals surface area contributed by atoms with Gasteiger partial charge in [0.05, 0.1) is 25.7 Å². The van der Waals surface area contributed by atoms with Crippen molar-refractivity contribution in [3.05, 3.63) is 59.7 Å². The van der Waals surface area contributed by atoms with Crippen LogP contribution in [0.3, 0.4) is 0 Å². The van der Waals surface area contributed by atoms with E-state index in [-0.39, 0.29) is 43.6 Å². The Kier molecular flexibility index (Phi) is 28.0. The van der Waals surface area contributed by atoms with Crippen LogP contribution >= 0.6 is 0 Å². The summed E-state index contributed by atoms with van der Waals surface area (Å²) in [6.45, 7) is 7.03. The molecule has 0 radical (unpaired) electrons. The molecule has 10 atom stereocenters. The highest BCUT2D eigenvalue weighted by Crippen LogP contribution is 2.15.